The summed E-state index contributed by atoms with van der Waals surface area (Å²) in [6, 6.07) is 18.8. The van der Waals surface area contributed by atoms with E-state index in [1.54, 1.807) is 107 Å². The number of aromatic nitrogens is 4. The van der Waals surface area contributed by atoms with E-state index in [0.717, 1.165) is 0 Å². The molecule has 12 rings (SSSR count). The van der Waals surface area contributed by atoms with Crippen molar-refractivity contribution in [3.8, 4) is 0 Å². The standard InChI is InChI=1S/C20H26ClN3O6S.C18H21ClN4O4S.2C18H22ClN3O5S.2CH4.2H2S/c1-28-7-8-29-9-10-30-14-19(25)23-16-5-6-24(13-16)31(26,27)18-4-2-3-15-11-22-12-17(21)20(15)18;1-12(24)21-7-5-17(25)22-14-6-8-23(11-14)28(26,27)16-4-2-3-13-9-20-10-15(19)18(13)16;2*1-26-7-8-27-12-17(23)21-14-5-6-22(11-14)28(24,25)16-4-2-3-13-9-20-10-15(19)18(13)16;;;;/h2-4,11-12,16H,5-10,13-14H2,1H3,(H,23,25);2-4,9-10,14H,5-8,11H2,1H3,(H,21,24)(H,22,25);2*2-4,9-10,14H,5-8,11-12H2,1H3,(H,21,23);2*1H4;2*1H2/t16-;3*14-;;;;/m0110..../s1. The highest BCUT2D eigenvalue weighted by molar-refractivity contribution is 7.90. The molecule has 33 nitrogen and oxygen atoms in total. The van der Waals surface area contributed by atoms with Gasteiger partial charge in [-0.25, -0.2) is 33.7 Å². The van der Waals surface area contributed by atoms with Crippen LogP contribution in [0.2, 0.25) is 20.1 Å². The molecule has 0 unspecified atom stereocenters. The summed E-state index contributed by atoms with van der Waals surface area (Å²) in [5.41, 5.74) is 0. The van der Waals surface area contributed by atoms with Crippen LogP contribution in [0.15, 0.2) is 142 Å². The molecule has 0 aliphatic carbocycles. The van der Waals surface area contributed by atoms with Gasteiger partial charge in [0, 0.05) is 210 Å². The fraction of sp³-hybridized carbons (Fsp3) is 0.461. The van der Waals surface area contributed by atoms with Gasteiger partial charge in [0.25, 0.3) is 0 Å². The Morgan fingerprint density at radius 1 is 0.378 bits per heavy atom. The minimum atomic E-state index is -3.78. The predicted octanol–water partition coefficient (Wildman–Crippen LogP) is 7.10. The Hall–Kier alpha value is -6.91. The number of pyridine rings is 4. The minimum Gasteiger partial charge on any atom is -0.382 e. The van der Waals surface area contributed by atoms with Crippen LogP contribution in [0.4, 0.5) is 0 Å². The minimum absolute atomic E-state index is 0. The molecule has 119 heavy (non-hydrogen) atoms. The number of methoxy groups -OCH3 is 3. The Bertz CT molecular complexity index is 5030. The van der Waals surface area contributed by atoms with Crippen molar-refractivity contribution < 1.29 is 90.8 Å². The van der Waals surface area contributed by atoms with Gasteiger partial charge in [-0.2, -0.15) is 44.2 Å². The molecule has 656 valence electrons. The number of halogens is 4. The highest BCUT2D eigenvalue weighted by Gasteiger charge is 2.39. The Morgan fingerprint density at radius 2 is 0.622 bits per heavy atom. The Labute approximate surface area is 728 Å². The summed E-state index contributed by atoms with van der Waals surface area (Å²) in [5.74, 6) is -1.27. The van der Waals surface area contributed by atoms with Gasteiger partial charge in [-0.3, -0.25) is 43.9 Å². The molecule has 4 fully saturated rings. The SMILES string of the molecule is C.C.CC(=O)NCCC(=O)N[C@@H]1CCN(S(=O)(=O)c2cccc3cncc(Cl)c23)C1.COCCOCC(=O)N[C@@H]1CCN(S(=O)(=O)c2cccc3cncc(Cl)c23)C1.COCCOCC(=O)N[C@H]1CCN(S(=O)(=O)c2cccc3cncc(Cl)c23)C1.COCCOCCOCC(=O)N[C@H]1CCN(S(=O)(=O)c2cccc3cncc(Cl)c23)C1.S.S. The number of nitrogens with zero attached hydrogens (tertiary/aromatic N) is 8. The summed E-state index contributed by atoms with van der Waals surface area (Å²) in [5, 5.41) is 19.4. The van der Waals surface area contributed by atoms with Crippen molar-refractivity contribution in [3.63, 3.8) is 0 Å². The summed E-state index contributed by atoms with van der Waals surface area (Å²) >= 11 is 24.9. The molecule has 4 saturated heterocycles. The Kier molecular flexibility index (Phi) is 42.6. The van der Waals surface area contributed by atoms with Crippen molar-refractivity contribution >= 4 is 186 Å². The largest absolute Gasteiger partial charge is 0.382 e. The molecule has 0 radical (unpaired) electrons. The molecule has 4 aromatic carbocycles. The van der Waals surface area contributed by atoms with Gasteiger partial charge in [-0.1, -0.05) is 110 Å². The highest BCUT2D eigenvalue weighted by atomic mass is 35.5. The van der Waals surface area contributed by atoms with Gasteiger partial charge < -0.3 is 59.7 Å². The van der Waals surface area contributed by atoms with Crippen molar-refractivity contribution in [1.82, 2.24) is 63.7 Å². The fourth-order valence-corrected chi connectivity index (χ4v) is 21.1. The van der Waals surface area contributed by atoms with E-state index in [0.29, 0.717) is 148 Å². The summed E-state index contributed by atoms with van der Waals surface area (Å²) in [6.45, 7) is 6.47. The van der Waals surface area contributed by atoms with Gasteiger partial charge in [-0.15, -0.1) is 0 Å². The zero-order valence-electron chi connectivity index (χ0n) is 64.4. The second kappa shape index (κ2) is 49.4. The lowest BCUT2D eigenvalue weighted by atomic mass is 10.2. The van der Waals surface area contributed by atoms with Crippen LogP contribution >= 0.6 is 73.4 Å². The van der Waals surface area contributed by atoms with Crippen molar-refractivity contribution in [2.75, 3.05) is 153 Å². The van der Waals surface area contributed by atoms with Crippen LogP contribution in [-0.4, -0.2) is 277 Å². The molecule has 8 aromatic rings. The van der Waals surface area contributed by atoms with Crippen molar-refractivity contribution in [2.24, 2.45) is 0 Å². The van der Waals surface area contributed by atoms with Gasteiger partial charge in [0.05, 0.1) is 92.5 Å². The zero-order chi connectivity index (χ0) is 82.9. The van der Waals surface area contributed by atoms with Crippen LogP contribution in [0.1, 0.15) is 53.9 Å². The van der Waals surface area contributed by atoms with E-state index in [-0.39, 0.29) is 194 Å². The van der Waals surface area contributed by atoms with E-state index < -0.39 is 40.1 Å². The van der Waals surface area contributed by atoms with Gasteiger partial charge in [-0.05, 0) is 49.9 Å². The predicted molar refractivity (Wildman–Crippen MR) is 465 cm³/mol. The molecule has 4 aliphatic heterocycles. The molecular formula is C76H103Cl4N13O20S6. The van der Waals surface area contributed by atoms with Crippen molar-refractivity contribution in [3.05, 3.63) is 142 Å². The van der Waals surface area contributed by atoms with E-state index in [9.17, 15) is 57.6 Å². The summed E-state index contributed by atoms with van der Waals surface area (Å²) in [4.78, 5) is 75.4. The Morgan fingerprint density at radius 3 is 0.882 bits per heavy atom. The van der Waals surface area contributed by atoms with Crippen LogP contribution in [0.5, 0.6) is 0 Å². The topological polar surface area (TPSA) is 411 Å². The number of carbonyl (C=O) groups excluding carboxylic acids is 5. The quantitative estimate of drug-likeness (QED) is 0.0256. The van der Waals surface area contributed by atoms with Crippen LogP contribution in [0, 0.1) is 0 Å². The van der Waals surface area contributed by atoms with Crippen LogP contribution in [0.3, 0.4) is 0 Å². The third-order valence-corrected chi connectivity index (χ3v) is 27.2. The summed E-state index contributed by atoms with van der Waals surface area (Å²) < 4.78 is 146. The first-order chi connectivity index (χ1) is 55.1. The van der Waals surface area contributed by atoms with Gasteiger partial charge in [0.1, 0.15) is 19.8 Å². The van der Waals surface area contributed by atoms with Gasteiger partial charge >= 0.3 is 0 Å². The average molecular weight is 1850 g/mol. The third-order valence-electron chi connectivity index (χ3n) is 18.4. The molecule has 8 heterocycles. The van der Waals surface area contributed by atoms with Crippen molar-refractivity contribution in [1.29, 1.82) is 0 Å². The number of sulfonamides is 4. The van der Waals surface area contributed by atoms with E-state index in [4.69, 9.17) is 79.6 Å². The molecule has 5 N–H and O–H groups in total. The van der Waals surface area contributed by atoms with Crippen molar-refractivity contribution in [2.45, 2.75) is 97.6 Å². The monoisotopic (exact) mass is 1850 g/mol. The lowest BCUT2D eigenvalue weighted by Gasteiger charge is -2.18. The lowest BCUT2D eigenvalue weighted by molar-refractivity contribution is -0.127. The number of hydrogen-bond donors (Lipinski definition) is 5. The second-order valence-corrected chi connectivity index (χ2v) is 35.8. The van der Waals surface area contributed by atoms with E-state index >= 15 is 0 Å². The molecule has 4 aromatic heterocycles. The number of carbonyl (C=O) groups is 5. The zero-order valence-corrected chi connectivity index (χ0v) is 72.7. The van der Waals surface area contributed by atoms with Gasteiger partial charge in [0.15, 0.2) is 0 Å². The first-order valence-electron chi connectivity index (χ1n) is 36.4. The van der Waals surface area contributed by atoms with E-state index in [1.165, 1.54) is 61.1 Å². The number of rotatable bonds is 33. The van der Waals surface area contributed by atoms with Gasteiger partial charge in [0.2, 0.25) is 69.6 Å². The molecule has 4 atom stereocenters. The van der Waals surface area contributed by atoms with Crippen LogP contribution < -0.4 is 26.6 Å². The molecule has 0 saturated carbocycles. The van der Waals surface area contributed by atoms with E-state index in [1.807, 2.05) is 0 Å². The molecule has 43 heteroatoms. The first-order valence-corrected chi connectivity index (χ1v) is 43.6. The maximum atomic E-state index is 13.2. The maximum absolute atomic E-state index is 13.2. The van der Waals surface area contributed by atoms with Crippen LogP contribution in [0.25, 0.3) is 43.1 Å². The molecule has 0 bridgehead atoms. The molecule has 0 spiro atoms. The third kappa shape index (κ3) is 28.3. The number of ether oxygens (including phenoxy) is 7. The summed E-state index contributed by atoms with van der Waals surface area (Å²) in [6.07, 6.45) is 14.3. The lowest BCUT2D eigenvalue weighted by Crippen LogP contribution is -2.40. The second-order valence-electron chi connectivity index (χ2n) is 26.5. The number of benzene rings is 4. The number of hydrogen-bond acceptors (Lipinski definition) is 24. The summed E-state index contributed by atoms with van der Waals surface area (Å²) in [7, 11) is -10.4. The van der Waals surface area contributed by atoms with Crippen LogP contribution in [-0.2, 0) is 97.2 Å². The number of amides is 5. The molecular weight excluding hydrogens is 1750 g/mol. The smallest absolute Gasteiger partial charge is 0.246 e. The normalized spacial score (nSPS) is 17.0. The number of fused-ring (bicyclic) bond motifs is 4. The molecule has 5 amide bonds. The molecule has 4 aliphatic rings. The fourth-order valence-electron chi connectivity index (χ4n) is 12.9. The first kappa shape index (κ1) is 103. The maximum Gasteiger partial charge on any atom is 0.246 e. The number of nitrogens with one attached hydrogen (secondary N) is 5. The average Bonchev–Trinajstić information content (AvgIpc) is 1.74. The highest BCUT2D eigenvalue weighted by Crippen LogP contribution is 2.37. The Balaban J connectivity index is 0.000000280. The van der Waals surface area contributed by atoms with E-state index in [2.05, 4.69) is 46.5 Å².